The average molecular weight is 262 g/mol. The summed E-state index contributed by atoms with van der Waals surface area (Å²) in [5, 5.41) is 0.445. The number of benzene rings is 1. The van der Waals surface area contributed by atoms with Crippen molar-refractivity contribution in [3.63, 3.8) is 0 Å². The fourth-order valence-electron chi connectivity index (χ4n) is 1.54. The first-order chi connectivity index (χ1) is 8.19. The van der Waals surface area contributed by atoms with Crippen molar-refractivity contribution in [3.05, 3.63) is 16.7 Å². The first-order valence-corrected chi connectivity index (χ1v) is 5.36. The van der Waals surface area contributed by atoms with Gasteiger partial charge in [-0.05, 0) is 0 Å². The van der Waals surface area contributed by atoms with Gasteiger partial charge in [0.15, 0.2) is 11.5 Å². The van der Waals surface area contributed by atoms with E-state index in [0.717, 1.165) is 5.56 Å². The zero-order valence-corrected chi connectivity index (χ0v) is 10.8. The highest BCUT2D eigenvalue weighted by molar-refractivity contribution is 6.33. The third-order valence-electron chi connectivity index (χ3n) is 2.36. The number of halogens is 1. The van der Waals surface area contributed by atoms with Crippen LogP contribution in [0.3, 0.4) is 0 Å². The lowest BCUT2D eigenvalue weighted by atomic mass is 10.1. The molecule has 0 bridgehead atoms. The van der Waals surface area contributed by atoms with E-state index in [1.807, 2.05) is 0 Å². The maximum absolute atomic E-state index is 6.23. The second kappa shape index (κ2) is 6.54. The third-order valence-corrected chi connectivity index (χ3v) is 2.76. The Morgan fingerprint density at radius 1 is 1.12 bits per heavy atom. The summed E-state index contributed by atoms with van der Waals surface area (Å²) >= 11 is 6.23. The van der Waals surface area contributed by atoms with Gasteiger partial charge >= 0.3 is 0 Å². The molecule has 0 aliphatic rings. The van der Waals surface area contributed by atoms with Crippen LogP contribution in [0, 0.1) is 0 Å². The minimum atomic E-state index is 0.339. The Morgan fingerprint density at radius 3 is 2.24 bits per heavy atom. The Balaban J connectivity index is 3.25. The Hall–Kier alpha value is -1.17. The summed E-state index contributed by atoms with van der Waals surface area (Å²) in [6.07, 6.45) is 0.527. The van der Waals surface area contributed by atoms with Crippen molar-refractivity contribution in [1.82, 2.24) is 0 Å². The van der Waals surface area contributed by atoms with E-state index < -0.39 is 0 Å². The highest BCUT2D eigenvalue weighted by atomic mass is 35.5. The first-order valence-electron chi connectivity index (χ1n) is 4.98. The molecule has 1 aromatic carbocycles. The third kappa shape index (κ3) is 2.94. The molecule has 0 unspecified atom stereocenters. The topological polar surface area (TPSA) is 62.9 Å². The van der Waals surface area contributed by atoms with Gasteiger partial charge in [-0.2, -0.15) is 0 Å². The normalized spacial score (nSPS) is 10.2. The van der Waals surface area contributed by atoms with Gasteiger partial charge in [0.1, 0.15) is 5.75 Å². The standard InChI is InChI=1S/C11H16ClNO4/c1-14-8-6-9(15-2)11(16-3)10(12)7(8)4-5-17-13/h6H,4-5,13H2,1-3H3. The molecule has 0 spiro atoms. The van der Waals surface area contributed by atoms with Crippen molar-refractivity contribution in [1.29, 1.82) is 0 Å². The molecule has 17 heavy (non-hydrogen) atoms. The maximum Gasteiger partial charge on any atom is 0.179 e. The molecule has 0 saturated heterocycles. The molecule has 5 nitrogen and oxygen atoms in total. The Bertz CT molecular complexity index is 384. The minimum Gasteiger partial charge on any atom is -0.496 e. The second-order valence-corrected chi connectivity index (χ2v) is 3.61. The van der Waals surface area contributed by atoms with Gasteiger partial charge in [0, 0.05) is 18.1 Å². The van der Waals surface area contributed by atoms with Crippen molar-refractivity contribution in [2.75, 3.05) is 27.9 Å². The SMILES string of the molecule is COc1cc(OC)c(OC)c(Cl)c1CCON. The molecule has 0 amide bonds. The predicted octanol–water partition coefficient (Wildman–Crippen LogP) is 1.80. The fourth-order valence-corrected chi connectivity index (χ4v) is 1.90. The van der Waals surface area contributed by atoms with Crippen molar-refractivity contribution in [2.45, 2.75) is 6.42 Å². The molecule has 0 atom stereocenters. The summed E-state index contributed by atoms with van der Waals surface area (Å²) < 4.78 is 15.6. The predicted molar refractivity (Wildman–Crippen MR) is 65.0 cm³/mol. The lowest BCUT2D eigenvalue weighted by Crippen LogP contribution is -2.06. The van der Waals surface area contributed by atoms with Crippen molar-refractivity contribution >= 4 is 11.6 Å². The first kappa shape index (κ1) is 13.9. The number of nitrogens with two attached hydrogens (primary N) is 1. The van der Waals surface area contributed by atoms with Crippen LogP contribution in [-0.2, 0) is 11.3 Å². The van der Waals surface area contributed by atoms with Crippen LogP contribution in [0.25, 0.3) is 0 Å². The number of hydrogen-bond acceptors (Lipinski definition) is 5. The van der Waals surface area contributed by atoms with E-state index in [1.54, 1.807) is 13.2 Å². The Morgan fingerprint density at radius 2 is 1.76 bits per heavy atom. The second-order valence-electron chi connectivity index (χ2n) is 3.23. The average Bonchev–Trinajstić information content (AvgIpc) is 2.36. The van der Waals surface area contributed by atoms with Gasteiger partial charge in [-0.25, -0.2) is 5.90 Å². The van der Waals surface area contributed by atoms with E-state index in [4.69, 9.17) is 31.7 Å². The van der Waals surface area contributed by atoms with Gasteiger partial charge in [-0.15, -0.1) is 0 Å². The van der Waals surface area contributed by atoms with Crippen LogP contribution in [0.5, 0.6) is 17.2 Å². The zero-order valence-electron chi connectivity index (χ0n) is 10.1. The Labute approximate surface area is 105 Å². The highest BCUT2D eigenvalue weighted by Gasteiger charge is 2.18. The van der Waals surface area contributed by atoms with Crippen LogP contribution >= 0.6 is 11.6 Å². The van der Waals surface area contributed by atoms with Gasteiger partial charge in [-0.1, -0.05) is 11.6 Å². The van der Waals surface area contributed by atoms with E-state index in [2.05, 4.69) is 4.84 Å². The molecule has 0 aliphatic carbocycles. The molecule has 0 saturated carbocycles. The molecule has 1 rings (SSSR count). The molecule has 1 aromatic rings. The molecule has 0 aliphatic heterocycles. The van der Waals surface area contributed by atoms with Crippen molar-refractivity contribution in [3.8, 4) is 17.2 Å². The summed E-state index contributed by atoms with van der Waals surface area (Å²) in [5.74, 6) is 6.61. The van der Waals surface area contributed by atoms with Crippen LogP contribution in [0.4, 0.5) is 0 Å². The molecule has 0 heterocycles. The monoisotopic (exact) mass is 261 g/mol. The quantitative estimate of drug-likeness (QED) is 0.791. The summed E-state index contributed by atoms with van der Waals surface area (Å²) in [4.78, 5) is 4.54. The van der Waals surface area contributed by atoms with Crippen LogP contribution in [0.1, 0.15) is 5.56 Å². The van der Waals surface area contributed by atoms with E-state index in [1.165, 1.54) is 14.2 Å². The molecule has 6 heteroatoms. The molecule has 0 aromatic heterocycles. The lowest BCUT2D eigenvalue weighted by Gasteiger charge is -2.16. The van der Waals surface area contributed by atoms with Crippen LogP contribution in [0.2, 0.25) is 5.02 Å². The summed E-state index contributed by atoms with van der Waals surface area (Å²) in [7, 11) is 4.63. The van der Waals surface area contributed by atoms with Gasteiger partial charge in [0.2, 0.25) is 0 Å². The molecule has 0 radical (unpaired) electrons. The zero-order chi connectivity index (χ0) is 12.8. The van der Waals surface area contributed by atoms with E-state index in [-0.39, 0.29) is 0 Å². The molecule has 2 N–H and O–H groups in total. The number of methoxy groups -OCH3 is 3. The Kier molecular flexibility index (Phi) is 5.34. The van der Waals surface area contributed by atoms with Crippen LogP contribution in [0.15, 0.2) is 6.07 Å². The van der Waals surface area contributed by atoms with Gasteiger partial charge in [-0.3, -0.25) is 0 Å². The summed E-state index contributed by atoms with van der Waals surface area (Å²) in [6.45, 7) is 0.339. The lowest BCUT2D eigenvalue weighted by molar-refractivity contribution is 0.140. The summed E-state index contributed by atoms with van der Waals surface area (Å²) in [6, 6.07) is 1.72. The fraction of sp³-hybridized carbons (Fsp3) is 0.455. The molecular formula is C11H16ClNO4. The number of rotatable bonds is 6. The molecule has 0 fully saturated rings. The minimum absolute atomic E-state index is 0.339. The van der Waals surface area contributed by atoms with E-state index in [9.17, 15) is 0 Å². The van der Waals surface area contributed by atoms with Gasteiger partial charge in [0.25, 0.3) is 0 Å². The van der Waals surface area contributed by atoms with Crippen molar-refractivity contribution in [2.24, 2.45) is 5.90 Å². The van der Waals surface area contributed by atoms with E-state index in [0.29, 0.717) is 35.3 Å². The van der Waals surface area contributed by atoms with E-state index >= 15 is 0 Å². The maximum atomic E-state index is 6.23. The van der Waals surface area contributed by atoms with Gasteiger partial charge < -0.3 is 19.0 Å². The van der Waals surface area contributed by atoms with Gasteiger partial charge in [0.05, 0.1) is 33.0 Å². The number of ether oxygens (including phenoxy) is 3. The van der Waals surface area contributed by atoms with Crippen LogP contribution in [-0.4, -0.2) is 27.9 Å². The number of hydrogen-bond donors (Lipinski definition) is 1. The highest BCUT2D eigenvalue weighted by Crippen LogP contribution is 2.42. The largest absolute Gasteiger partial charge is 0.496 e. The van der Waals surface area contributed by atoms with Crippen LogP contribution < -0.4 is 20.1 Å². The molecule has 96 valence electrons. The smallest absolute Gasteiger partial charge is 0.179 e. The summed E-state index contributed by atoms with van der Waals surface area (Å²) in [5.41, 5.74) is 0.775. The van der Waals surface area contributed by atoms with Crippen molar-refractivity contribution < 1.29 is 19.0 Å². The molecular weight excluding hydrogens is 246 g/mol.